The van der Waals surface area contributed by atoms with Gasteiger partial charge < -0.3 is 9.84 Å². The quantitative estimate of drug-likeness (QED) is 0.814. The summed E-state index contributed by atoms with van der Waals surface area (Å²) in [7, 11) is 1.62. The van der Waals surface area contributed by atoms with Crippen LogP contribution in [0.3, 0.4) is 0 Å². The molecule has 0 spiro atoms. The number of aryl methyl sites for hydroxylation is 1. The average molecular weight is 276 g/mol. The number of aromatic hydroxyl groups is 1. The van der Waals surface area contributed by atoms with E-state index < -0.39 is 0 Å². The Morgan fingerprint density at radius 2 is 2.15 bits per heavy atom. The van der Waals surface area contributed by atoms with Gasteiger partial charge in [-0.2, -0.15) is 0 Å². The van der Waals surface area contributed by atoms with Crippen molar-refractivity contribution in [3.05, 3.63) is 23.3 Å². The smallest absolute Gasteiger partial charge is 0.160 e. The number of methoxy groups -OCH3 is 1. The van der Waals surface area contributed by atoms with Gasteiger partial charge in [0, 0.05) is 0 Å². The second-order valence-electron chi connectivity index (χ2n) is 6.35. The van der Waals surface area contributed by atoms with E-state index >= 15 is 0 Å². The lowest BCUT2D eigenvalue weighted by atomic mass is 9.80. The number of hydrogen-bond donors (Lipinski definition) is 1. The van der Waals surface area contributed by atoms with Crippen LogP contribution >= 0.6 is 0 Å². The van der Waals surface area contributed by atoms with Crippen LogP contribution in [0.5, 0.6) is 11.5 Å². The molecule has 0 aliphatic heterocycles. The summed E-state index contributed by atoms with van der Waals surface area (Å²) in [6.07, 6.45) is 8.85. The van der Waals surface area contributed by atoms with E-state index in [4.69, 9.17) is 4.74 Å². The maximum absolute atomic E-state index is 9.84. The third kappa shape index (κ3) is 3.68. The molecule has 2 heteroatoms. The van der Waals surface area contributed by atoms with Crippen LogP contribution in [0, 0.1) is 11.8 Å². The van der Waals surface area contributed by atoms with Crippen molar-refractivity contribution in [2.75, 3.05) is 7.11 Å². The van der Waals surface area contributed by atoms with Gasteiger partial charge in [0.1, 0.15) is 0 Å². The van der Waals surface area contributed by atoms with Crippen molar-refractivity contribution in [3.8, 4) is 11.5 Å². The molecule has 1 aliphatic carbocycles. The molecule has 20 heavy (non-hydrogen) atoms. The van der Waals surface area contributed by atoms with Crippen LogP contribution in [-0.2, 0) is 12.8 Å². The summed E-state index contributed by atoms with van der Waals surface area (Å²) >= 11 is 0. The van der Waals surface area contributed by atoms with Gasteiger partial charge in [-0.3, -0.25) is 0 Å². The van der Waals surface area contributed by atoms with E-state index in [9.17, 15) is 5.11 Å². The zero-order valence-electron chi connectivity index (χ0n) is 13.1. The summed E-state index contributed by atoms with van der Waals surface area (Å²) in [5, 5.41) is 9.84. The fourth-order valence-electron chi connectivity index (χ4n) is 3.22. The highest BCUT2D eigenvalue weighted by Crippen LogP contribution is 2.36. The van der Waals surface area contributed by atoms with Gasteiger partial charge in [0.15, 0.2) is 11.5 Å². The van der Waals surface area contributed by atoms with E-state index in [1.165, 1.54) is 43.2 Å². The normalized spacial score (nSPS) is 19.4. The van der Waals surface area contributed by atoms with Crippen LogP contribution in [-0.4, -0.2) is 12.2 Å². The summed E-state index contributed by atoms with van der Waals surface area (Å²) in [5.41, 5.74) is 2.68. The molecule has 0 saturated heterocycles. The molecule has 2 nitrogen and oxygen atoms in total. The molecule has 1 aromatic rings. The standard InChI is InChI=1S/C18H28O2/c1-4-13(2)6-5-7-14-8-9-15-11-17(19)18(20-3)12-16(15)10-14/h11-14,19H,4-10H2,1-3H3. The molecule has 0 amide bonds. The van der Waals surface area contributed by atoms with E-state index in [1.807, 2.05) is 12.1 Å². The molecule has 0 fully saturated rings. The van der Waals surface area contributed by atoms with Crippen LogP contribution < -0.4 is 4.74 Å². The molecule has 0 heterocycles. The SMILES string of the molecule is CCC(C)CCCC1CCc2cc(O)c(OC)cc2C1. The number of ether oxygens (including phenoxy) is 1. The molecular formula is C18H28O2. The number of benzene rings is 1. The maximum atomic E-state index is 9.84. The molecular weight excluding hydrogens is 248 g/mol. The van der Waals surface area contributed by atoms with Crippen molar-refractivity contribution in [2.24, 2.45) is 11.8 Å². The van der Waals surface area contributed by atoms with Gasteiger partial charge in [-0.25, -0.2) is 0 Å². The Morgan fingerprint density at radius 3 is 2.85 bits per heavy atom. The Balaban J connectivity index is 1.93. The Labute approximate surface area is 123 Å². The Hall–Kier alpha value is -1.18. The number of fused-ring (bicyclic) bond motifs is 1. The van der Waals surface area contributed by atoms with Gasteiger partial charge in [-0.1, -0.05) is 39.5 Å². The predicted molar refractivity (Wildman–Crippen MR) is 83.5 cm³/mol. The van der Waals surface area contributed by atoms with Gasteiger partial charge in [-0.15, -0.1) is 0 Å². The van der Waals surface area contributed by atoms with E-state index in [2.05, 4.69) is 13.8 Å². The summed E-state index contributed by atoms with van der Waals surface area (Å²) in [5.74, 6) is 2.56. The number of phenolic OH excluding ortho intramolecular Hbond substituents is 1. The highest BCUT2D eigenvalue weighted by molar-refractivity contribution is 5.47. The van der Waals surface area contributed by atoms with E-state index in [-0.39, 0.29) is 5.75 Å². The van der Waals surface area contributed by atoms with Gasteiger partial charge >= 0.3 is 0 Å². The summed E-state index contributed by atoms with van der Waals surface area (Å²) < 4.78 is 5.22. The molecule has 1 N–H and O–H groups in total. The molecule has 2 atom stereocenters. The number of hydrogen-bond acceptors (Lipinski definition) is 2. The summed E-state index contributed by atoms with van der Waals surface area (Å²) in [4.78, 5) is 0. The van der Waals surface area contributed by atoms with E-state index in [0.29, 0.717) is 5.75 Å². The molecule has 0 saturated carbocycles. The third-order valence-corrected chi connectivity index (χ3v) is 4.84. The maximum Gasteiger partial charge on any atom is 0.160 e. The number of phenols is 1. The average Bonchev–Trinajstić information content (AvgIpc) is 2.46. The fraction of sp³-hybridized carbons (Fsp3) is 0.667. The fourth-order valence-corrected chi connectivity index (χ4v) is 3.22. The van der Waals surface area contributed by atoms with Crippen molar-refractivity contribution >= 4 is 0 Å². The number of rotatable bonds is 6. The Morgan fingerprint density at radius 1 is 1.35 bits per heavy atom. The second kappa shape index (κ2) is 7.01. The van der Waals surface area contributed by atoms with Crippen molar-refractivity contribution in [1.29, 1.82) is 0 Å². The Kier molecular flexibility index (Phi) is 5.33. The lowest BCUT2D eigenvalue weighted by Crippen LogP contribution is -2.14. The molecule has 112 valence electrons. The van der Waals surface area contributed by atoms with E-state index in [0.717, 1.165) is 24.7 Å². The third-order valence-electron chi connectivity index (χ3n) is 4.84. The van der Waals surface area contributed by atoms with Crippen molar-refractivity contribution in [2.45, 2.75) is 58.8 Å². The topological polar surface area (TPSA) is 29.5 Å². The van der Waals surface area contributed by atoms with Crippen molar-refractivity contribution in [3.63, 3.8) is 0 Å². The van der Waals surface area contributed by atoms with Gasteiger partial charge in [0.2, 0.25) is 0 Å². The van der Waals surface area contributed by atoms with Crippen molar-refractivity contribution < 1.29 is 9.84 Å². The van der Waals surface area contributed by atoms with Gasteiger partial charge in [0.05, 0.1) is 7.11 Å². The molecule has 2 unspecified atom stereocenters. The minimum Gasteiger partial charge on any atom is -0.504 e. The summed E-state index contributed by atoms with van der Waals surface area (Å²) in [6, 6.07) is 3.93. The van der Waals surface area contributed by atoms with Crippen LogP contribution in [0.15, 0.2) is 12.1 Å². The van der Waals surface area contributed by atoms with E-state index in [1.54, 1.807) is 7.11 Å². The monoisotopic (exact) mass is 276 g/mol. The van der Waals surface area contributed by atoms with Crippen LogP contribution in [0.25, 0.3) is 0 Å². The van der Waals surface area contributed by atoms with Gasteiger partial charge in [0.25, 0.3) is 0 Å². The first-order valence-corrected chi connectivity index (χ1v) is 8.02. The first kappa shape index (κ1) is 15.2. The zero-order valence-corrected chi connectivity index (χ0v) is 13.1. The first-order chi connectivity index (χ1) is 9.63. The highest BCUT2D eigenvalue weighted by Gasteiger charge is 2.20. The molecule has 1 aliphatic rings. The van der Waals surface area contributed by atoms with Crippen LogP contribution in [0.4, 0.5) is 0 Å². The Bertz CT molecular complexity index is 439. The van der Waals surface area contributed by atoms with Crippen molar-refractivity contribution in [1.82, 2.24) is 0 Å². The minimum absolute atomic E-state index is 0.279. The second-order valence-corrected chi connectivity index (χ2v) is 6.35. The summed E-state index contributed by atoms with van der Waals surface area (Å²) in [6.45, 7) is 4.63. The minimum atomic E-state index is 0.279. The highest BCUT2D eigenvalue weighted by atomic mass is 16.5. The lowest BCUT2D eigenvalue weighted by Gasteiger charge is -2.25. The molecule has 0 bridgehead atoms. The van der Waals surface area contributed by atoms with Gasteiger partial charge in [-0.05, 0) is 54.4 Å². The molecule has 0 aromatic heterocycles. The molecule has 0 radical (unpaired) electrons. The van der Waals surface area contributed by atoms with Crippen LogP contribution in [0.1, 0.15) is 57.1 Å². The zero-order chi connectivity index (χ0) is 14.5. The largest absolute Gasteiger partial charge is 0.504 e. The molecule has 2 rings (SSSR count). The lowest BCUT2D eigenvalue weighted by molar-refractivity contribution is 0.363. The molecule has 1 aromatic carbocycles. The first-order valence-electron chi connectivity index (χ1n) is 8.02. The predicted octanol–water partition coefficient (Wildman–Crippen LogP) is 4.72. The van der Waals surface area contributed by atoms with Crippen LogP contribution in [0.2, 0.25) is 0 Å².